The van der Waals surface area contributed by atoms with Crippen molar-refractivity contribution in [3.8, 4) is 11.5 Å². The highest BCUT2D eigenvalue weighted by molar-refractivity contribution is 5.99. The summed E-state index contributed by atoms with van der Waals surface area (Å²) in [5.41, 5.74) is 9.14. The second-order valence-corrected chi connectivity index (χ2v) is 16.5. The lowest BCUT2D eigenvalue weighted by Crippen LogP contribution is -2.45. The number of Topliss-reactive ketones (excluding diaryl/α,β-unsaturated/α-hetero) is 1. The number of carbonyl (C=O) groups excluding carboxylic acids is 1. The third-order valence-electron chi connectivity index (χ3n) is 11.9. The fourth-order valence-electron chi connectivity index (χ4n) is 8.93. The number of aryl methyl sites for hydroxylation is 3. The number of rotatable bonds is 13. The first-order valence-corrected chi connectivity index (χ1v) is 19.2. The van der Waals surface area contributed by atoms with Crippen LogP contribution in [-0.2, 0) is 12.8 Å². The standard InChI is InChI=1S/C45H62O4/c1-10-12-14-16-31-24-38(46)42-40(25-31)49-44(7,8)37-20-21-45(9,43(48)41(37)42)27-39(47)35-26-34(30(6)23-32(35)17-15-13-11-2)36-22-29(5)18-19-33(36)28(3)4/h22-26,33,36,43,46,48H,3,10-21,27H2,1-2,4-9H3. The second-order valence-electron chi connectivity index (χ2n) is 16.5. The molecule has 3 aliphatic rings. The van der Waals surface area contributed by atoms with Gasteiger partial charge >= 0.3 is 0 Å². The van der Waals surface area contributed by atoms with Crippen molar-refractivity contribution in [1.82, 2.24) is 0 Å². The number of carbonyl (C=O) groups is 1. The molecule has 0 bridgehead atoms. The number of hydrogen-bond donors (Lipinski definition) is 2. The van der Waals surface area contributed by atoms with Gasteiger partial charge in [0.05, 0.1) is 11.7 Å². The minimum atomic E-state index is -0.913. The number of benzene rings is 2. The maximum absolute atomic E-state index is 14.7. The van der Waals surface area contributed by atoms with E-state index in [0.29, 0.717) is 30.1 Å². The van der Waals surface area contributed by atoms with Gasteiger partial charge in [-0.1, -0.05) is 76.3 Å². The molecule has 0 saturated heterocycles. The van der Waals surface area contributed by atoms with Crippen LogP contribution in [0.15, 0.2) is 53.6 Å². The molecule has 2 N–H and O–H groups in total. The van der Waals surface area contributed by atoms with Gasteiger partial charge in [-0.15, -0.1) is 0 Å². The number of fused-ring (bicyclic) bond motifs is 2. The maximum atomic E-state index is 14.7. The van der Waals surface area contributed by atoms with E-state index in [1.165, 1.54) is 22.3 Å². The Morgan fingerprint density at radius 2 is 1.67 bits per heavy atom. The molecule has 2 aromatic rings. The molecule has 0 fully saturated rings. The molecule has 0 saturated carbocycles. The average Bonchev–Trinajstić information content (AvgIpc) is 3.02. The first-order valence-electron chi connectivity index (χ1n) is 19.2. The molecule has 1 heterocycles. The van der Waals surface area contributed by atoms with Crippen LogP contribution in [0.1, 0.15) is 163 Å². The van der Waals surface area contributed by atoms with E-state index in [1.54, 1.807) is 0 Å². The molecular formula is C45H62O4. The van der Waals surface area contributed by atoms with Gasteiger partial charge in [-0.25, -0.2) is 0 Å². The molecule has 266 valence electrons. The minimum absolute atomic E-state index is 0.101. The molecule has 0 aromatic heterocycles. The molecule has 4 nitrogen and oxygen atoms in total. The third-order valence-corrected chi connectivity index (χ3v) is 11.9. The summed E-state index contributed by atoms with van der Waals surface area (Å²) in [4.78, 5) is 14.7. The Balaban J connectivity index is 1.52. The van der Waals surface area contributed by atoms with E-state index in [4.69, 9.17) is 4.74 Å². The van der Waals surface area contributed by atoms with E-state index < -0.39 is 17.1 Å². The number of phenols is 1. The van der Waals surface area contributed by atoms with Crippen molar-refractivity contribution < 1.29 is 19.7 Å². The lowest BCUT2D eigenvalue weighted by Gasteiger charge is -2.47. The van der Waals surface area contributed by atoms with Crippen molar-refractivity contribution in [2.75, 3.05) is 0 Å². The summed E-state index contributed by atoms with van der Waals surface area (Å²) in [5.74, 6) is 1.46. The highest BCUT2D eigenvalue weighted by atomic mass is 16.5. The van der Waals surface area contributed by atoms with Crippen molar-refractivity contribution in [3.05, 3.63) is 87.0 Å². The maximum Gasteiger partial charge on any atom is 0.163 e. The molecule has 4 unspecified atom stereocenters. The first-order chi connectivity index (χ1) is 23.2. The zero-order valence-electron chi connectivity index (χ0n) is 31.7. The quantitative estimate of drug-likeness (QED) is 0.127. The normalized spacial score (nSPS) is 24.5. The summed E-state index contributed by atoms with van der Waals surface area (Å²) in [6.45, 7) is 21.5. The molecule has 2 aromatic carbocycles. The third kappa shape index (κ3) is 7.65. The fourth-order valence-corrected chi connectivity index (χ4v) is 8.93. The predicted molar refractivity (Wildman–Crippen MR) is 204 cm³/mol. The first kappa shape index (κ1) is 37.2. The van der Waals surface area contributed by atoms with Gasteiger partial charge in [-0.2, -0.15) is 0 Å². The molecule has 49 heavy (non-hydrogen) atoms. The van der Waals surface area contributed by atoms with Gasteiger partial charge in [0.25, 0.3) is 0 Å². The second kappa shape index (κ2) is 15.0. The van der Waals surface area contributed by atoms with Crippen LogP contribution in [-0.4, -0.2) is 27.7 Å². The van der Waals surface area contributed by atoms with Crippen LogP contribution in [0.5, 0.6) is 11.5 Å². The van der Waals surface area contributed by atoms with Crippen molar-refractivity contribution in [2.45, 2.75) is 156 Å². The highest BCUT2D eigenvalue weighted by Gasteiger charge is 2.49. The fraction of sp³-hybridized carbons (Fsp3) is 0.578. The zero-order chi connectivity index (χ0) is 35.7. The molecule has 4 atom stereocenters. The Bertz CT molecular complexity index is 1640. The number of phenolic OH excluding ortho intramolecular Hbond substituents is 1. The summed E-state index contributed by atoms with van der Waals surface area (Å²) in [6.07, 6.45) is 13.7. The van der Waals surface area contributed by atoms with Crippen LogP contribution in [0, 0.1) is 18.3 Å². The molecule has 0 radical (unpaired) electrons. The molecule has 4 heteroatoms. The number of ketones is 1. The Labute approximate surface area is 296 Å². The monoisotopic (exact) mass is 666 g/mol. The van der Waals surface area contributed by atoms with Gasteiger partial charge < -0.3 is 14.9 Å². The lowest BCUT2D eigenvalue weighted by atomic mass is 9.63. The Hall–Kier alpha value is -3.11. The number of hydrogen-bond acceptors (Lipinski definition) is 4. The Morgan fingerprint density at radius 3 is 2.35 bits per heavy atom. The van der Waals surface area contributed by atoms with Gasteiger partial charge in [0, 0.05) is 23.3 Å². The van der Waals surface area contributed by atoms with Crippen LogP contribution < -0.4 is 4.74 Å². The van der Waals surface area contributed by atoms with Gasteiger partial charge in [-0.05, 0) is 144 Å². The topological polar surface area (TPSA) is 66.8 Å². The van der Waals surface area contributed by atoms with Crippen molar-refractivity contribution in [3.63, 3.8) is 0 Å². The number of unbranched alkanes of at least 4 members (excludes halogenated alkanes) is 4. The van der Waals surface area contributed by atoms with Crippen molar-refractivity contribution in [2.24, 2.45) is 11.3 Å². The van der Waals surface area contributed by atoms with Gasteiger partial charge in [0.1, 0.15) is 17.1 Å². The van der Waals surface area contributed by atoms with Crippen LogP contribution in [0.2, 0.25) is 0 Å². The Morgan fingerprint density at radius 1 is 0.980 bits per heavy atom. The molecule has 0 spiro atoms. The molecule has 5 rings (SSSR count). The van der Waals surface area contributed by atoms with Gasteiger partial charge in [0.2, 0.25) is 0 Å². The van der Waals surface area contributed by atoms with Crippen LogP contribution in [0.3, 0.4) is 0 Å². The number of aliphatic hydroxyl groups is 1. The number of aromatic hydroxyl groups is 1. The lowest BCUT2D eigenvalue weighted by molar-refractivity contribution is 0.0428. The minimum Gasteiger partial charge on any atom is -0.507 e. The van der Waals surface area contributed by atoms with E-state index in [-0.39, 0.29) is 23.9 Å². The van der Waals surface area contributed by atoms with E-state index >= 15 is 0 Å². The summed E-state index contributed by atoms with van der Waals surface area (Å²) < 4.78 is 6.55. The summed E-state index contributed by atoms with van der Waals surface area (Å²) >= 11 is 0. The number of allylic oxidation sites excluding steroid dienone is 3. The van der Waals surface area contributed by atoms with E-state index in [9.17, 15) is 15.0 Å². The molecule has 1 aliphatic heterocycles. The Kier molecular flexibility index (Phi) is 11.4. The van der Waals surface area contributed by atoms with E-state index in [0.717, 1.165) is 92.0 Å². The zero-order valence-corrected chi connectivity index (χ0v) is 31.7. The van der Waals surface area contributed by atoms with E-state index in [1.807, 2.05) is 6.07 Å². The van der Waals surface area contributed by atoms with Crippen molar-refractivity contribution >= 4 is 11.4 Å². The largest absolute Gasteiger partial charge is 0.507 e. The van der Waals surface area contributed by atoms with Crippen molar-refractivity contribution in [1.29, 1.82) is 0 Å². The van der Waals surface area contributed by atoms with Crippen LogP contribution in [0.4, 0.5) is 0 Å². The molecular weight excluding hydrogens is 604 g/mol. The van der Waals surface area contributed by atoms with Gasteiger partial charge in [0.15, 0.2) is 5.78 Å². The summed E-state index contributed by atoms with van der Waals surface area (Å²) in [7, 11) is 0. The number of aliphatic hydroxyl groups excluding tert-OH is 1. The smallest absolute Gasteiger partial charge is 0.163 e. The molecule has 0 amide bonds. The summed E-state index contributed by atoms with van der Waals surface area (Å²) in [6, 6.07) is 8.38. The predicted octanol–water partition coefficient (Wildman–Crippen LogP) is 11.5. The van der Waals surface area contributed by atoms with E-state index in [2.05, 4.69) is 86.2 Å². The average molecular weight is 667 g/mol. The number of ether oxygens (including phenoxy) is 1. The summed E-state index contributed by atoms with van der Waals surface area (Å²) in [5, 5.41) is 23.8. The molecule has 2 aliphatic carbocycles. The van der Waals surface area contributed by atoms with Crippen LogP contribution in [0.25, 0.3) is 5.57 Å². The SMILES string of the molecule is C=C(C)C1CCC(C)=CC1c1cc(C(=O)CC2(C)CCC3=C(c4c(O)cc(CCCCC)cc4OC3(C)C)C2O)c(CCCCC)cc1C. The highest BCUT2D eigenvalue weighted by Crippen LogP contribution is 2.56. The van der Waals surface area contributed by atoms with Gasteiger partial charge in [-0.3, -0.25) is 4.79 Å². The van der Waals surface area contributed by atoms with Crippen LogP contribution >= 0.6 is 0 Å².